The number of benzene rings is 1. The number of hydrogen-bond donors (Lipinski definition) is 0. The summed E-state index contributed by atoms with van der Waals surface area (Å²) in [6.07, 6.45) is 8.71. The van der Waals surface area contributed by atoms with Crippen molar-refractivity contribution in [3.63, 3.8) is 0 Å². The monoisotopic (exact) mass is 475 g/mol. The van der Waals surface area contributed by atoms with E-state index in [2.05, 4.69) is 52.9 Å². The second kappa shape index (κ2) is 8.69. The van der Waals surface area contributed by atoms with Crippen LogP contribution in [0.2, 0.25) is 5.15 Å². The number of halogens is 1. The molecular weight excluding hydrogens is 446 g/mol. The van der Waals surface area contributed by atoms with Crippen molar-refractivity contribution in [3.8, 4) is 0 Å². The molecule has 6 rings (SSSR count). The maximum atomic E-state index is 6.61. The third-order valence-electron chi connectivity index (χ3n) is 7.31. The molecule has 2 aliphatic heterocycles. The van der Waals surface area contributed by atoms with E-state index in [4.69, 9.17) is 26.7 Å². The van der Waals surface area contributed by atoms with Gasteiger partial charge in [0.2, 0.25) is 0 Å². The zero-order chi connectivity index (χ0) is 23.2. The maximum Gasteiger partial charge on any atom is 0.159 e. The minimum atomic E-state index is 0.141. The van der Waals surface area contributed by atoms with Crippen LogP contribution >= 0.6 is 11.6 Å². The first-order valence-electron chi connectivity index (χ1n) is 12.4. The van der Waals surface area contributed by atoms with Crippen LogP contribution in [-0.4, -0.2) is 44.2 Å². The lowest BCUT2D eigenvalue weighted by molar-refractivity contribution is 0.461. The van der Waals surface area contributed by atoms with Crippen molar-refractivity contribution >= 4 is 39.8 Å². The Morgan fingerprint density at radius 1 is 0.941 bits per heavy atom. The van der Waals surface area contributed by atoms with Crippen molar-refractivity contribution in [3.05, 3.63) is 52.6 Å². The van der Waals surface area contributed by atoms with Gasteiger partial charge in [0, 0.05) is 36.7 Å². The van der Waals surface area contributed by atoms with Gasteiger partial charge in [-0.1, -0.05) is 23.2 Å². The van der Waals surface area contributed by atoms with Crippen LogP contribution < -0.4 is 9.80 Å². The van der Waals surface area contributed by atoms with E-state index in [-0.39, 0.29) is 6.04 Å². The van der Waals surface area contributed by atoms with Gasteiger partial charge in [0.15, 0.2) is 5.65 Å². The number of nitrogens with zero attached hydrogens (tertiary/aromatic N) is 7. The van der Waals surface area contributed by atoms with Crippen molar-refractivity contribution in [2.24, 2.45) is 0 Å². The Balaban J connectivity index is 1.46. The van der Waals surface area contributed by atoms with E-state index < -0.39 is 0 Å². The molecule has 1 unspecified atom stereocenters. The van der Waals surface area contributed by atoms with Crippen molar-refractivity contribution in [2.45, 2.75) is 58.4 Å². The van der Waals surface area contributed by atoms with Gasteiger partial charge in [-0.2, -0.15) is 9.61 Å². The summed E-state index contributed by atoms with van der Waals surface area (Å²) in [7, 11) is 0. The number of hydrogen-bond acceptors (Lipinski definition) is 6. The van der Waals surface area contributed by atoms with Crippen LogP contribution in [0.1, 0.15) is 61.4 Å². The molecule has 2 saturated heterocycles. The topological polar surface area (TPSA) is 62.5 Å². The van der Waals surface area contributed by atoms with Crippen LogP contribution in [0.4, 0.5) is 11.6 Å². The second-order valence-corrected chi connectivity index (χ2v) is 10.0. The first-order valence-corrected chi connectivity index (χ1v) is 12.8. The molecule has 8 heteroatoms. The highest BCUT2D eigenvalue weighted by Crippen LogP contribution is 2.38. The second-order valence-electron chi connectivity index (χ2n) is 9.66. The summed E-state index contributed by atoms with van der Waals surface area (Å²) in [4.78, 5) is 18.8. The van der Waals surface area contributed by atoms with Crippen LogP contribution in [0, 0.1) is 13.8 Å². The Kier molecular flexibility index (Phi) is 5.52. The fraction of sp³-hybridized carbons (Fsp3) is 0.462. The van der Waals surface area contributed by atoms with Crippen LogP contribution in [0.15, 0.2) is 30.6 Å². The third-order valence-corrected chi connectivity index (χ3v) is 7.68. The lowest BCUT2D eigenvalue weighted by atomic mass is 9.98. The number of rotatable bonds is 3. The van der Waals surface area contributed by atoms with E-state index in [9.17, 15) is 0 Å². The Labute approximate surface area is 204 Å². The molecule has 0 aliphatic carbocycles. The number of fused-ring (bicyclic) bond motifs is 2. The molecule has 0 amide bonds. The van der Waals surface area contributed by atoms with Gasteiger partial charge in [-0.25, -0.2) is 15.0 Å². The zero-order valence-electron chi connectivity index (χ0n) is 19.8. The van der Waals surface area contributed by atoms with Gasteiger partial charge >= 0.3 is 0 Å². The molecular formula is C26H30ClN7. The van der Waals surface area contributed by atoms with Gasteiger partial charge in [-0.15, -0.1) is 0 Å². The van der Waals surface area contributed by atoms with Gasteiger partial charge in [0.05, 0.1) is 17.3 Å². The Hall–Kier alpha value is -2.93. The van der Waals surface area contributed by atoms with E-state index in [1.807, 2.05) is 4.52 Å². The summed E-state index contributed by atoms with van der Waals surface area (Å²) in [5.74, 6) is 2.08. The quantitative estimate of drug-likeness (QED) is 0.356. The molecule has 0 saturated carbocycles. The van der Waals surface area contributed by atoms with Gasteiger partial charge < -0.3 is 9.80 Å². The number of anilines is 2. The lowest BCUT2D eigenvalue weighted by Crippen LogP contribution is -2.34. The largest absolute Gasteiger partial charge is 0.356 e. The molecule has 0 radical (unpaired) electrons. The van der Waals surface area contributed by atoms with E-state index in [1.165, 1.54) is 31.2 Å². The predicted molar refractivity (Wildman–Crippen MR) is 137 cm³/mol. The maximum absolute atomic E-state index is 6.61. The summed E-state index contributed by atoms with van der Waals surface area (Å²) in [6, 6.07) is 8.64. The Bertz CT molecular complexity index is 1360. The first-order chi connectivity index (χ1) is 16.6. The number of aryl methyl sites for hydroxylation is 1. The normalized spacial score (nSPS) is 19.3. The van der Waals surface area contributed by atoms with E-state index >= 15 is 0 Å². The summed E-state index contributed by atoms with van der Waals surface area (Å²) >= 11 is 6.61. The average molecular weight is 476 g/mol. The van der Waals surface area contributed by atoms with Crippen LogP contribution in [0.3, 0.4) is 0 Å². The van der Waals surface area contributed by atoms with Gasteiger partial charge in [0.25, 0.3) is 0 Å². The SMILES string of the molecule is Cc1ccc2ncnc(N3CCCCC3c3cc4nc(Cl)c(C)c(N5CCCCC5)n4n3)c2c1. The molecule has 4 aromatic rings. The van der Waals surface area contributed by atoms with Crippen LogP contribution in [-0.2, 0) is 0 Å². The molecule has 1 aromatic carbocycles. The molecule has 5 heterocycles. The highest BCUT2D eigenvalue weighted by molar-refractivity contribution is 6.30. The van der Waals surface area contributed by atoms with Gasteiger partial charge in [-0.3, -0.25) is 0 Å². The highest BCUT2D eigenvalue weighted by Gasteiger charge is 2.30. The lowest BCUT2D eigenvalue weighted by Gasteiger charge is -2.36. The molecule has 176 valence electrons. The molecule has 2 aliphatic rings. The Morgan fingerprint density at radius 2 is 1.76 bits per heavy atom. The van der Waals surface area contributed by atoms with Gasteiger partial charge in [0.1, 0.15) is 23.1 Å². The van der Waals surface area contributed by atoms with Crippen molar-refractivity contribution in [1.82, 2.24) is 24.6 Å². The predicted octanol–water partition coefficient (Wildman–Crippen LogP) is 5.66. The molecule has 7 nitrogen and oxygen atoms in total. The molecule has 0 spiro atoms. The minimum absolute atomic E-state index is 0.141. The number of piperidine rings is 2. The number of aromatic nitrogens is 5. The fourth-order valence-corrected chi connectivity index (χ4v) is 5.75. The van der Waals surface area contributed by atoms with Crippen molar-refractivity contribution in [1.29, 1.82) is 0 Å². The summed E-state index contributed by atoms with van der Waals surface area (Å²) in [6.45, 7) is 7.19. The summed E-state index contributed by atoms with van der Waals surface area (Å²) in [5, 5.41) is 6.82. The van der Waals surface area contributed by atoms with Gasteiger partial charge in [-0.05, 0) is 64.5 Å². The van der Waals surface area contributed by atoms with E-state index in [0.29, 0.717) is 5.15 Å². The summed E-state index contributed by atoms with van der Waals surface area (Å²) in [5.41, 5.74) is 5.05. The third kappa shape index (κ3) is 3.66. The van der Waals surface area contributed by atoms with Crippen molar-refractivity contribution < 1.29 is 0 Å². The summed E-state index contributed by atoms with van der Waals surface area (Å²) < 4.78 is 2.02. The molecule has 2 fully saturated rings. The zero-order valence-corrected chi connectivity index (χ0v) is 20.6. The molecule has 0 N–H and O–H groups in total. The average Bonchev–Trinajstić information content (AvgIpc) is 3.28. The van der Waals surface area contributed by atoms with Crippen LogP contribution in [0.5, 0.6) is 0 Å². The molecule has 3 aromatic heterocycles. The fourth-order valence-electron chi connectivity index (χ4n) is 5.58. The van der Waals surface area contributed by atoms with Crippen molar-refractivity contribution in [2.75, 3.05) is 29.4 Å². The molecule has 0 bridgehead atoms. The molecule has 1 atom stereocenters. The highest BCUT2D eigenvalue weighted by atomic mass is 35.5. The van der Waals surface area contributed by atoms with E-state index in [1.54, 1.807) is 6.33 Å². The molecule has 34 heavy (non-hydrogen) atoms. The smallest absolute Gasteiger partial charge is 0.159 e. The standard InChI is InChI=1S/C26H30ClN7/c1-17-9-10-20-19(14-17)25(29-16-28-20)33-13-7-4-8-22(33)21-15-23-30-24(27)18(2)26(34(23)31-21)32-11-5-3-6-12-32/h9-10,14-16,22H,3-8,11-13H2,1-2H3. The van der Waals surface area contributed by atoms with E-state index in [0.717, 1.165) is 71.9 Å². The Morgan fingerprint density at radius 3 is 2.62 bits per heavy atom. The first kappa shape index (κ1) is 21.6. The minimum Gasteiger partial charge on any atom is -0.356 e. The van der Waals surface area contributed by atoms with Crippen LogP contribution in [0.25, 0.3) is 16.6 Å².